The normalized spacial score (nSPS) is 15.5. The molecule has 6 nitrogen and oxygen atoms in total. The zero-order valence-corrected chi connectivity index (χ0v) is 14.1. The van der Waals surface area contributed by atoms with E-state index in [4.69, 9.17) is 13.9 Å². The molecular formula is C18H21NO5. The first-order valence-corrected chi connectivity index (χ1v) is 8.08. The average Bonchev–Trinajstić information content (AvgIpc) is 3.22. The van der Waals surface area contributed by atoms with Gasteiger partial charge in [0.2, 0.25) is 5.76 Å². The minimum absolute atomic E-state index is 0.124. The monoisotopic (exact) mass is 331 g/mol. The molecule has 1 unspecified atom stereocenters. The Labute approximate surface area is 140 Å². The van der Waals surface area contributed by atoms with E-state index in [1.807, 2.05) is 6.07 Å². The number of furan rings is 1. The first kappa shape index (κ1) is 16.4. The van der Waals surface area contributed by atoms with Crippen LogP contribution in [-0.2, 0) is 9.53 Å². The molecule has 0 spiro atoms. The van der Waals surface area contributed by atoms with Crippen LogP contribution >= 0.6 is 0 Å². The lowest BCUT2D eigenvalue weighted by Gasteiger charge is -2.20. The number of ether oxygens (including phenoxy) is 2. The Morgan fingerprint density at radius 1 is 1.25 bits per heavy atom. The molecule has 1 atom stereocenters. The topological polar surface area (TPSA) is 69.0 Å². The number of esters is 1. The minimum Gasteiger partial charge on any atom is -0.497 e. The quantitative estimate of drug-likeness (QED) is 0.806. The highest BCUT2D eigenvalue weighted by molar-refractivity contribution is 5.97. The molecular weight excluding hydrogens is 310 g/mol. The van der Waals surface area contributed by atoms with E-state index in [2.05, 4.69) is 0 Å². The molecule has 2 heterocycles. The summed E-state index contributed by atoms with van der Waals surface area (Å²) in [7, 11) is 1.58. The van der Waals surface area contributed by atoms with E-state index in [0.717, 1.165) is 31.3 Å². The lowest BCUT2D eigenvalue weighted by Crippen LogP contribution is -2.38. The van der Waals surface area contributed by atoms with Crippen LogP contribution in [-0.4, -0.2) is 43.1 Å². The van der Waals surface area contributed by atoms with Crippen molar-refractivity contribution in [3.05, 3.63) is 29.5 Å². The summed E-state index contributed by atoms with van der Waals surface area (Å²) in [6.07, 6.45) is 1.17. The number of aryl methyl sites for hydroxylation is 1. The molecule has 1 aromatic carbocycles. The number of rotatable bonds is 4. The fourth-order valence-electron chi connectivity index (χ4n) is 2.98. The van der Waals surface area contributed by atoms with Crippen molar-refractivity contribution in [3.8, 4) is 5.75 Å². The molecule has 0 saturated carbocycles. The molecule has 0 aliphatic carbocycles. The standard InChI is InChI=1S/C18H21NO5/c1-11-14-10-13(22-3)6-7-15(14)24-16(11)18(21)23-12(2)17(20)19-8-4-5-9-19/h6-7,10,12H,4-5,8-9H2,1-3H3. The van der Waals surface area contributed by atoms with E-state index in [1.54, 1.807) is 38.0 Å². The predicted octanol–water partition coefficient (Wildman–Crippen LogP) is 2.92. The van der Waals surface area contributed by atoms with Crippen LogP contribution in [0.2, 0.25) is 0 Å². The molecule has 1 amide bonds. The Balaban J connectivity index is 1.78. The van der Waals surface area contributed by atoms with Crippen molar-refractivity contribution in [1.82, 2.24) is 4.90 Å². The largest absolute Gasteiger partial charge is 0.497 e. The molecule has 1 aliphatic heterocycles. The fraction of sp³-hybridized carbons (Fsp3) is 0.444. The maximum atomic E-state index is 12.4. The molecule has 6 heteroatoms. The maximum absolute atomic E-state index is 12.4. The molecule has 0 bridgehead atoms. The van der Waals surface area contributed by atoms with Crippen molar-refractivity contribution in [2.75, 3.05) is 20.2 Å². The summed E-state index contributed by atoms with van der Waals surface area (Å²) in [5.41, 5.74) is 1.26. The smallest absolute Gasteiger partial charge is 0.375 e. The van der Waals surface area contributed by atoms with E-state index in [1.165, 1.54) is 0 Å². The van der Waals surface area contributed by atoms with Crippen molar-refractivity contribution < 1.29 is 23.5 Å². The molecule has 0 N–H and O–H groups in total. The van der Waals surface area contributed by atoms with Gasteiger partial charge in [-0.25, -0.2) is 4.79 Å². The van der Waals surface area contributed by atoms with Gasteiger partial charge in [0.25, 0.3) is 5.91 Å². The summed E-state index contributed by atoms with van der Waals surface area (Å²) in [4.78, 5) is 26.4. The van der Waals surface area contributed by atoms with Gasteiger partial charge in [-0.3, -0.25) is 4.79 Å². The summed E-state index contributed by atoms with van der Waals surface area (Å²) >= 11 is 0. The maximum Gasteiger partial charge on any atom is 0.375 e. The van der Waals surface area contributed by atoms with E-state index >= 15 is 0 Å². The fourth-order valence-corrected chi connectivity index (χ4v) is 2.98. The number of hydrogen-bond acceptors (Lipinski definition) is 5. The third-order valence-electron chi connectivity index (χ3n) is 4.38. The number of hydrogen-bond donors (Lipinski definition) is 0. The Morgan fingerprint density at radius 3 is 2.62 bits per heavy atom. The average molecular weight is 331 g/mol. The highest BCUT2D eigenvalue weighted by Crippen LogP contribution is 2.29. The van der Waals surface area contributed by atoms with Gasteiger partial charge in [0, 0.05) is 24.0 Å². The molecule has 1 aromatic heterocycles. The Kier molecular flexibility index (Phi) is 4.46. The first-order valence-electron chi connectivity index (χ1n) is 8.08. The predicted molar refractivity (Wildman–Crippen MR) is 88.2 cm³/mol. The van der Waals surface area contributed by atoms with E-state index in [0.29, 0.717) is 16.9 Å². The molecule has 128 valence electrons. The second-order valence-electron chi connectivity index (χ2n) is 6.00. The second-order valence-corrected chi connectivity index (χ2v) is 6.00. The van der Waals surface area contributed by atoms with Crippen LogP contribution in [0.5, 0.6) is 5.75 Å². The number of likely N-dealkylation sites (tertiary alicyclic amines) is 1. The molecule has 1 fully saturated rings. The number of carbonyl (C=O) groups is 2. The van der Waals surface area contributed by atoms with Crippen LogP contribution in [0, 0.1) is 6.92 Å². The Bertz CT molecular complexity index is 773. The van der Waals surface area contributed by atoms with Gasteiger partial charge in [-0.2, -0.15) is 0 Å². The summed E-state index contributed by atoms with van der Waals surface area (Å²) in [5.74, 6) is 0.0298. The van der Waals surface area contributed by atoms with Crippen LogP contribution in [0.3, 0.4) is 0 Å². The number of fused-ring (bicyclic) bond motifs is 1. The second kappa shape index (κ2) is 6.55. The lowest BCUT2D eigenvalue weighted by molar-refractivity contribution is -0.138. The number of benzene rings is 1. The minimum atomic E-state index is -0.822. The van der Waals surface area contributed by atoms with Crippen LogP contribution in [0.15, 0.2) is 22.6 Å². The van der Waals surface area contributed by atoms with Gasteiger partial charge in [0.15, 0.2) is 6.10 Å². The van der Waals surface area contributed by atoms with Crippen LogP contribution in [0.4, 0.5) is 0 Å². The summed E-state index contributed by atoms with van der Waals surface area (Å²) < 4.78 is 16.1. The van der Waals surface area contributed by atoms with Gasteiger partial charge in [-0.05, 0) is 44.9 Å². The Morgan fingerprint density at radius 2 is 1.96 bits per heavy atom. The molecule has 3 rings (SSSR count). The van der Waals surface area contributed by atoms with Gasteiger partial charge < -0.3 is 18.8 Å². The van der Waals surface area contributed by atoms with E-state index in [9.17, 15) is 9.59 Å². The van der Waals surface area contributed by atoms with E-state index in [-0.39, 0.29) is 11.7 Å². The molecule has 1 saturated heterocycles. The van der Waals surface area contributed by atoms with Gasteiger partial charge in [0.1, 0.15) is 11.3 Å². The Hall–Kier alpha value is -2.50. The molecule has 1 aliphatic rings. The van der Waals surface area contributed by atoms with E-state index < -0.39 is 12.1 Å². The van der Waals surface area contributed by atoms with Crippen LogP contribution in [0.1, 0.15) is 35.9 Å². The van der Waals surface area contributed by atoms with Gasteiger partial charge in [-0.1, -0.05) is 0 Å². The molecule has 0 radical (unpaired) electrons. The summed E-state index contributed by atoms with van der Waals surface area (Å²) in [5, 5.41) is 0.792. The van der Waals surface area contributed by atoms with Crippen molar-refractivity contribution in [2.24, 2.45) is 0 Å². The van der Waals surface area contributed by atoms with Crippen molar-refractivity contribution in [1.29, 1.82) is 0 Å². The highest BCUT2D eigenvalue weighted by atomic mass is 16.6. The van der Waals surface area contributed by atoms with Crippen molar-refractivity contribution >= 4 is 22.8 Å². The van der Waals surface area contributed by atoms with Gasteiger partial charge >= 0.3 is 5.97 Å². The van der Waals surface area contributed by atoms with Crippen LogP contribution < -0.4 is 4.74 Å². The third kappa shape index (κ3) is 2.96. The number of carbonyl (C=O) groups excluding carboxylic acids is 2. The number of methoxy groups -OCH3 is 1. The highest BCUT2D eigenvalue weighted by Gasteiger charge is 2.28. The molecule has 2 aromatic rings. The van der Waals surface area contributed by atoms with Gasteiger partial charge in [-0.15, -0.1) is 0 Å². The number of amides is 1. The van der Waals surface area contributed by atoms with Crippen molar-refractivity contribution in [3.63, 3.8) is 0 Å². The van der Waals surface area contributed by atoms with Crippen LogP contribution in [0.25, 0.3) is 11.0 Å². The van der Waals surface area contributed by atoms with Crippen molar-refractivity contribution in [2.45, 2.75) is 32.8 Å². The van der Waals surface area contributed by atoms with Gasteiger partial charge in [0.05, 0.1) is 7.11 Å². The lowest BCUT2D eigenvalue weighted by atomic mass is 10.1. The summed E-state index contributed by atoms with van der Waals surface area (Å²) in [6, 6.07) is 5.32. The SMILES string of the molecule is COc1ccc2oc(C(=O)OC(C)C(=O)N3CCCC3)c(C)c2c1. The first-order chi connectivity index (χ1) is 11.5. The zero-order valence-electron chi connectivity index (χ0n) is 14.1. The summed E-state index contributed by atoms with van der Waals surface area (Å²) in [6.45, 7) is 4.84. The zero-order chi connectivity index (χ0) is 17.3. The molecule has 24 heavy (non-hydrogen) atoms. The number of nitrogens with zero attached hydrogens (tertiary/aromatic N) is 1. The third-order valence-corrected chi connectivity index (χ3v) is 4.38.